The first-order chi connectivity index (χ1) is 12.9. The zero-order valence-corrected chi connectivity index (χ0v) is 15.7. The van der Waals surface area contributed by atoms with Crippen molar-refractivity contribution in [1.82, 2.24) is 0 Å². The molecule has 4 aliphatic rings. The van der Waals surface area contributed by atoms with E-state index in [0.29, 0.717) is 41.7 Å². The van der Waals surface area contributed by atoms with Gasteiger partial charge in [-0.2, -0.15) is 0 Å². The maximum absolute atomic E-state index is 13.1. The maximum atomic E-state index is 13.1. The fourth-order valence-corrected chi connectivity index (χ4v) is 5.30. The number of ether oxygens (including phenoxy) is 2. The van der Waals surface area contributed by atoms with Gasteiger partial charge in [0.05, 0.1) is 13.2 Å². The molecule has 27 heavy (non-hydrogen) atoms. The van der Waals surface area contributed by atoms with Crippen molar-refractivity contribution in [2.75, 3.05) is 13.2 Å². The number of carbonyl (C=O) groups is 2. The summed E-state index contributed by atoms with van der Waals surface area (Å²) in [4.78, 5) is 25.6. The van der Waals surface area contributed by atoms with Crippen LogP contribution in [0, 0.1) is 22.7 Å². The van der Waals surface area contributed by atoms with Crippen molar-refractivity contribution in [2.24, 2.45) is 22.7 Å². The Morgan fingerprint density at radius 1 is 1.04 bits per heavy atom. The second-order valence-electron chi connectivity index (χ2n) is 9.03. The van der Waals surface area contributed by atoms with Gasteiger partial charge in [-0.05, 0) is 30.8 Å². The SMILES string of the molecule is CC(C)(C1=CC(=O)c2ccccc2C1=O)C1OCC2(CO1)C[C@@H]1C=C[C@H]2C1. The molecule has 1 saturated heterocycles. The van der Waals surface area contributed by atoms with Crippen LogP contribution < -0.4 is 0 Å². The second-order valence-corrected chi connectivity index (χ2v) is 9.03. The second kappa shape index (κ2) is 5.73. The molecule has 1 aromatic carbocycles. The Morgan fingerprint density at radius 2 is 1.74 bits per heavy atom. The molecule has 0 radical (unpaired) electrons. The Labute approximate surface area is 159 Å². The minimum atomic E-state index is -0.699. The first-order valence-electron chi connectivity index (χ1n) is 9.72. The average molecular weight is 364 g/mol. The van der Waals surface area contributed by atoms with Crippen LogP contribution in [0.15, 0.2) is 48.1 Å². The number of rotatable bonds is 2. The number of fused-ring (bicyclic) bond motifs is 4. The molecule has 1 spiro atoms. The smallest absolute Gasteiger partial charge is 0.190 e. The van der Waals surface area contributed by atoms with E-state index < -0.39 is 11.7 Å². The van der Waals surface area contributed by atoms with Crippen LogP contribution in [0.5, 0.6) is 0 Å². The lowest BCUT2D eigenvalue weighted by Gasteiger charge is -2.46. The lowest BCUT2D eigenvalue weighted by Crippen LogP contribution is -2.50. The van der Waals surface area contributed by atoms with Gasteiger partial charge in [-0.15, -0.1) is 0 Å². The number of benzene rings is 1. The molecule has 4 heteroatoms. The molecule has 0 N–H and O–H groups in total. The normalized spacial score (nSPS) is 34.9. The molecular formula is C23H24O4. The van der Waals surface area contributed by atoms with Crippen LogP contribution in [0.25, 0.3) is 0 Å². The summed E-state index contributed by atoms with van der Waals surface area (Å²) in [5.74, 6) is 0.961. The lowest BCUT2D eigenvalue weighted by molar-refractivity contribution is -0.266. The van der Waals surface area contributed by atoms with Crippen LogP contribution >= 0.6 is 0 Å². The van der Waals surface area contributed by atoms with Gasteiger partial charge in [0.15, 0.2) is 17.9 Å². The Bertz CT molecular complexity index is 883. The molecule has 1 saturated carbocycles. The van der Waals surface area contributed by atoms with Gasteiger partial charge in [0.1, 0.15) is 0 Å². The van der Waals surface area contributed by atoms with E-state index in [9.17, 15) is 9.59 Å². The largest absolute Gasteiger partial charge is 0.351 e. The van der Waals surface area contributed by atoms with E-state index in [4.69, 9.17) is 9.47 Å². The molecule has 5 rings (SSSR count). The fraction of sp³-hybridized carbons (Fsp3) is 0.478. The summed E-state index contributed by atoms with van der Waals surface area (Å²) in [6, 6.07) is 7.00. The first-order valence-corrected chi connectivity index (χ1v) is 9.72. The molecule has 140 valence electrons. The van der Waals surface area contributed by atoms with E-state index in [2.05, 4.69) is 12.2 Å². The quantitative estimate of drug-likeness (QED) is 0.745. The van der Waals surface area contributed by atoms with Crippen LogP contribution in [0.2, 0.25) is 0 Å². The Kier molecular flexibility index (Phi) is 3.62. The van der Waals surface area contributed by atoms with E-state index >= 15 is 0 Å². The fourth-order valence-electron chi connectivity index (χ4n) is 5.30. The minimum Gasteiger partial charge on any atom is -0.351 e. The highest BCUT2D eigenvalue weighted by Crippen LogP contribution is 2.55. The molecule has 2 bridgehead atoms. The summed E-state index contributed by atoms with van der Waals surface area (Å²) >= 11 is 0. The van der Waals surface area contributed by atoms with Gasteiger partial charge in [0.25, 0.3) is 0 Å². The molecule has 2 fully saturated rings. The van der Waals surface area contributed by atoms with Gasteiger partial charge in [0, 0.05) is 27.5 Å². The zero-order valence-electron chi connectivity index (χ0n) is 15.7. The van der Waals surface area contributed by atoms with Gasteiger partial charge in [-0.25, -0.2) is 0 Å². The maximum Gasteiger partial charge on any atom is 0.190 e. The molecular weight excluding hydrogens is 340 g/mol. The highest BCUT2D eigenvalue weighted by Gasteiger charge is 2.53. The van der Waals surface area contributed by atoms with Crippen molar-refractivity contribution in [3.05, 3.63) is 59.2 Å². The molecule has 3 aliphatic carbocycles. The van der Waals surface area contributed by atoms with E-state index in [1.807, 2.05) is 13.8 Å². The van der Waals surface area contributed by atoms with Gasteiger partial charge >= 0.3 is 0 Å². The molecule has 0 aromatic heterocycles. The predicted molar refractivity (Wildman–Crippen MR) is 100 cm³/mol. The van der Waals surface area contributed by atoms with E-state index in [1.54, 1.807) is 24.3 Å². The Balaban J connectivity index is 1.39. The predicted octanol–water partition coefficient (Wildman–Crippen LogP) is 3.97. The Hall–Kier alpha value is -2.04. The third-order valence-corrected chi connectivity index (χ3v) is 6.91. The molecule has 2 atom stereocenters. The minimum absolute atomic E-state index is 0.0827. The summed E-state index contributed by atoms with van der Waals surface area (Å²) in [7, 11) is 0. The van der Waals surface area contributed by atoms with Crippen molar-refractivity contribution in [2.45, 2.75) is 33.0 Å². The summed E-state index contributed by atoms with van der Waals surface area (Å²) in [6.45, 7) is 5.17. The molecule has 0 amide bonds. The lowest BCUT2D eigenvalue weighted by atomic mass is 9.73. The van der Waals surface area contributed by atoms with Crippen LogP contribution in [0.1, 0.15) is 47.4 Å². The van der Waals surface area contributed by atoms with Crippen LogP contribution in [-0.2, 0) is 9.47 Å². The number of carbonyl (C=O) groups excluding carboxylic acids is 2. The third kappa shape index (κ3) is 2.43. The van der Waals surface area contributed by atoms with Gasteiger partial charge < -0.3 is 9.47 Å². The molecule has 1 heterocycles. The topological polar surface area (TPSA) is 52.6 Å². The standard InChI is InChI=1S/C23H24O4/c1-22(2,18-10-19(24)16-5-3-4-6-17(16)20(18)25)21-26-12-23(13-27-21)11-14-7-8-15(23)9-14/h3-8,10,14-15,21H,9,11-13H2,1-2H3/t14-,15+,21?,23?/m1/s1. The van der Waals surface area contributed by atoms with E-state index in [0.717, 1.165) is 6.42 Å². The van der Waals surface area contributed by atoms with Gasteiger partial charge in [-0.1, -0.05) is 50.3 Å². The van der Waals surface area contributed by atoms with Gasteiger partial charge in [-0.3, -0.25) is 9.59 Å². The van der Waals surface area contributed by atoms with Crippen molar-refractivity contribution in [3.8, 4) is 0 Å². The molecule has 4 nitrogen and oxygen atoms in total. The molecule has 1 aromatic rings. The summed E-state index contributed by atoms with van der Waals surface area (Å²) in [5, 5.41) is 0. The van der Waals surface area contributed by atoms with Crippen molar-refractivity contribution in [1.29, 1.82) is 0 Å². The summed E-state index contributed by atoms with van der Waals surface area (Å²) in [6.07, 6.45) is 7.90. The average Bonchev–Trinajstić information content (AvgIpc) is 3.26. The highest BCUT2D eigenvalue weighted by molar-refractivity contribution is 6.24. The summed E-state index contributed by atoms with van der Waals surface area (Å²) < 4.78 is 12.4. The van der Waals surface area contributed by atoms with Gasteiger partial charge in [0.2, 0.25) is 0 Å². The number of hydrogen-bond acceptors (Lipinski definition) is 4. The number of ketones is 2. The number of allylic oxidation sites excluding steroid dienone is 3. The number of Topliss-reactive ketones (excluding diaryl/α,β-unsaturated/α-hetero) is 1. The molecule has 0 unspecified atom stereocenters. The van der Waals surface area contributed by atoms with Crippen molar-refractivity contribution < 1.29 is 19.1 Å². The molecule has 1 aliphatic heterocycles. The number of hydrogen-bond donors (Lipinski definition) is 0. The monoisotopic (exact) mass is 364 g/mol. The highest BCUT2D eigenvalue weighted by atomic mass is 16.7. The van der Waals surface area contributed by atoms with E-state index in [-0.39, 0.29) is 17.0 Å². The van der Waals surface area contributed by atoms with Crippen LogP contribution in [0.3, 0.4) is 0 Å². The van der Waals surface area contributed by atoms with Crippen LogP contribution in [0.4, 0.5) is 0 Å². The van der Waals surface area contributed by atoms with E-state index in [1.165, 1.54) is 12.5 Å². The first kappa shape index (κ1) is 17.1. The summed E-state index contributed by atoms with van der Waals surface area (Å²) in [5.41, 5.74) is 0.799. The van der Waals surface area contributed by atoms with Crippen LogP contribution in [-0.4, -0.2) is 31.1 Å². The van der Waals surface area contributed by atoms with Crippen molar-refractivity contribution >= 4 is 11.6 Å². The third-order valence-electron chi connectivity index (χ3n) is 6.91. The van der Waals surface area contributed by atoms with Crippen molar-refractivity contribution in [3.63, 3.8) is 0 Å². The zero-order chi connectivity index (χ0) is 18.8. The Morgan fingerprint density at radius 3 is 2.37 bits per heavy atom.